The standard InChI is InChI=1S/C14H29N3O2S/c1-9(2)13(19)16-8-14(5,6)7-11(12(15)18)17-20-10(3)4/h9-11,17H,7-8H2,1-6H3,(H2,15,18)(H,16,19). The number of carbonyl (C=O) groups excluding carboxylic acids is 2. The van der Waals surface area contributed by atoms with Gasteiger partial charge in [0.2, 0.25) is 11.8 Å². The van der Waals surface area contributed by atoms with Crippen molar-refractivity contribution in [2.75, 3.05) is 6.54 Å². The third kappa shape index (κ3) is 8.43. The average molecular weight is 303 g/mol. The second kappa shape index (κ2) is 8.52. The molecule has 0 saturated heterocycles. The van der Waals surface area contributed by atoms with Gasteiger partial charge in [-0.1, -0.05) is 53.5 Å². The largest absolute Gasteiger partial charge is 0.368 e. The average Bonchev–Trinajstić information content (AvgIpc) is 2.30. The first-order chi connectivity index (χ1) is 9.05. The van der Waals surface area contributed by atoms with Gasteiger partial charge < -0.3 is 11.1 Å². The van der Waals surface area contributed by atoms with Crippen LogP contribution in [0.5, 0.6) is 0 Å². The van der Waals surface area contributed by atoms with Gasteiger partial charge in [-0.15, -0.1) is 0 Å². The van der Waals surface area contributed by atoms with Crippen molar-refractivity contribution in [1.82, 2.24) is 10.0 Å². The Morgan fingerprint density at radius 2 is 1.75 bits per heavy atom. The third-order valence-corrected chi connectivity index (χ3v) is 3.70. The van der Waals surface area contributed by atoms with E-state index >= 15 is 0 Å². The van der Waals surface area contributed by atoms with Crippen LogP contribution in [0.4, 0.5) is 0 Å². The van der Waals surface area contributed by atoms with Gasteiger partial charge in [-0.25, -0.2) is 0 Å². The van der Waals surface area contributed by atoms with Crippen LogP contribution in [-0.2, 0) is 9.59 Å². The van der Waals surface area contributed by atoms with Crippen LogP contribution in [0.15, 0.2) is 0 Å². The fourth-order valence-electron chi connectivity index (χ4n) is 1.57. The summed E-state index contributed by atoms with van der Waals surface area (Å²) in [7, 11) is 0. The number of nitrogens with one attached hydrogen (secondary N) is 2. The second-order valence-electron chi connectivity index (χ2n) is 6.48. The first-order valence-electron chi connectivity index (χ1n) is 7.03. The van der Waals surface area contributed by atoms with Crippen LogP contribution in [0.3, 0.4) is 0 Å². The van der Waals surface area contributed by atoms with E-state index in [0.29, 0.717) is 18.2 Å². The molecule has 0 saturated carbocycles. The Bertz CT molecular complexity index is 330. The van der Waals surface area contributed by atoms with Gasteiger partial charge in [0.05, 0.1) is 6.04 Å². The highest BCUT2D eigenvalue weighted by atomic mass is 32.2. The second-order valence-corrected chi connectivity index (χ2v) is 7.89. The van der Waals surface area contributed by atoms with Gasteiger partial charge in [-0.2, -0.15) is 0 Å². The van der Waals surface area contributed by atoms with E-state index in [2.05, 4.69) is 10.0 Å². The molecule has 6 heteroatoms. The summed E-state index contributed by atoms with van der Waals surface area (Å²) in [5.41, 5.74) is 5.23. The molecule has 0 radical (unpaired) electrons. The molecule has 0 rings (SSSR count). The van der Waals surface area contributed by atoms with Crippen LogP contribution >= 0.6 is 11.9 Å². The highest BCUT2D eigenvalue weighted by Crippen LogP contribution is 2.23. The van der Waals surface area contributed by atoms with Crippen molar-refractivity contribution in [3.05, 3.63) is 0 Å². The summed E-state index contributed by atoms with van der Waals surface area (Å²) in [6, 6.07) is -0.395. The van der Waals surface area contributed by atoms with Crippen molar-refractivity contribution in [3.8, 4) is 0 Å². The molecule has 1 atom stereocenters. The number of rotatable bonds is 9. The lowest BCUT2D eigenvalue weighted by Gasteiger charge is -2.29. The van der Waals surface area contributed by atoms with Crippen LogP contribution in [-0.4, -0.2) is 29.7 Å². The van der Waals surface area contributed by atoms with Gasteiger partial charge in [-0.3, -0.25) is 14.3 Å². The quantitative estimate of drug-likeness (QED) is 0.566. The SMILES string of the molecule is CC(C)SNC(CC(C)(C)CNC(=O)C(C)C)C(N)=O. The lowest BCUT2D eigenvalue weighted by Crippen LogP contribution is -2.45. The van der Waals surface area contributed by atoms with Crippen molar-refractivity contribution in [2.24, 2.45) is 17.1 Å². The molecule has 118 valence electrons. The first-order valence-corrected chi connectivity index (χ1v) is 7.91. The summed E-state index contributed by atoms with van der Waals surface area (Å²) >= 11 is 1.50. The Morgan fingerprint density at radius 3 is 2.15 bits per heavy atom. The van der Waals surface area contributed by atoms with Crippen molar-refractivity contribution < 1.29 is 9.59 Å². The molecular formula is C14H29N3O2S. The Labute approximate surface area is 127 Å². The maximum absolute atomic E-state index is 11.6. The fraction of sp³-hybridized carbons (Fsp3) is 0.857. The van der Waals surface area contributed by atoms with E-state index in [-0.39, 0.29) is 23.1 Å². The van der Waals surface area contributed by atoms with E-state index in [1.54, 1.807) is 0 Å². The Morgan fingerprint density at radius 1 is 1.20 bits per heavy atom. The van der Waals surface area contributed by atoms with E-state index < -0.39 is 6.04 Å². The summed E-state index contributed by atoms with van der Waals surface area (Å²) in [6.45, 7) is 12.4. The van der Waals surface area contributed by atoms with Crippen LogP contribution in [0.25, 0.3) is 0 Å². The maximum Gasteiger partial charge on any atom is 0.235 e. The zero-order valence-electron chi connectivity index (χ0n) is 13.4. The van der Waals surface area contributed by atoms with E-state index in [1.807, 2.05) is 41.5 Å². The number of hydrogen-bond acceptors (Lipinski definition) is 4. The van der Waals surface area contributed by atoms with Gasteiger partial charge in [0, 0.05) is 17.7 Å². The van der Waals surface area contributed by atoms with Crippen molar-refractivity contribution in [1.29, 1.82) is 0 Å². The van der Waals surface area contributed by atoms with E-state index in [0.717, 1.165) is 0 Å². The van der Waals surface area contributed by atoms with E-state index in [9.17, 15) is 9.59 Å². The first kappa shape index (κ1) is 19.2. The van der Waals surface area contributed by atoms with Crippen LogP contribution in [0.2, 0.25) is 0 Å². The van der Waals surface area contributed by atoms with Gasteiger partial charge in [0.15, 0.2) is 0 Å². The molecule has 0 fully saturated rings. The highest BCUT2D eigenvalue weighted by Gasteiger charge is 2.27. The molecular weight excluding hydrogens is 274 g/mol. The zero-order chi connectivity index (χ0) is 15.9. The van der Waals surface area contributed by atoms with Gasteiger partial charge in [0.25, 0.3) is 0 Å². The topological polar surface area (TPSA) is 84.2 Å². The van der Waals surface area contributed by atoms with Crippen LogP contribution in [0.1, 0.15) is 48.0 Å². The summed E-state index contributed by atoms with van der Waals surface area (Å²) in [6.07, 6.45) is 0.584. The van der Waals surface area contributed by atoms with Gasteiger partial charge in [0.1, 0.15) is 0 Å². The summed E-state index contributed by atoms with van der Waals surface area (Å²) in [5, 5.41) is 3.28. The molecule has 0 spiro atoms. The van der Waals surface area contributed by atoms with Gasteiger partial charge in [-0.05, 0) is 11.8 Å². The number of nitrogens with two attached hydrogens (primary N) is 1. The smallest absolute Gasteiger partial charge is 0.235 e. The fourth-order valence-corrected chi connectivity index (χ4v) is 2.21. The molecule has 0 aromatic rings. The van der Waals surface area contributed by atoms with E-state index in [4.69, 9.17) is 5.73 Å². The number of primary amides is 1. The third-order valence-electron chi connectivity index (χ3n) is 2.81. The minimum atomic E-state index is -0.395. The molecule has 0 bridgehead atoms. The Balaban J connectivity index is 4.44. The Hall–Kier alpha value is -0.750. The molecule has 2 amide bonds. The molecule has 20 heavy (non-hydrogen) atoms. The lowest BCUT2D eigenvalue weighted by atomic mass is 9.85. The minimum absolute atomic E-state index is 0.0261. The van der Waals surface area contributed by atoms with Crippen molar-refractivity contribution in [2.45, 2.75) is 59.3 Å². The molecule has 1 unspecified atom stereocenters. The van der Waals surface area contributed by atoms with Gasteiger partial charge >= 0.3 is 0 Å². The minimum Gasteiger partial charge on any atom is -0.368 e. The molecule has 4 N–H and O–H groups in total. The van der Waals surface area contributed by atoms with Crippen LogP contribution < -0.4 is 15.8 Å². The normalized spacial score (nSPS) is 13.6. The van der Waals surface area contributed by atoms with Crippen molar-refractivity contribution >= 4 is 23.8 Å². The van der Waals surface area contributed by atoms with Crippen molar-refractivity contribution in [3.63, 3.8) is 0 Å². The van der Waals surface area contributed by atoms with E-state index in [1.165, 1.54) is 11.9 Å². The zero-order valence-corrected chi connectivity index (χ0v) is 14.3. The highest BCUT2D eigenvalue weighted by molar-refractivity contribution is 7.98. The molecule has 0 aromatic heterocycles. The number of carbonyl (C=O) groups is 2. The predicted octanol–water partition coefficient (Wildman–Crippen LogP) is 1.68. The molecule has 0 aliphatic rings. The summed E-state index contributed by atoms with van der Waals surface area (Å²) < 4.78 is 3.11. The molecule has 0 aliphatic heterocycles. The molecule has 0 heterocycles. The Kier molecular flexibility index (Phi) is 8.20. The number of amides is 2. The van der Waals surface area contributed by atoms with Crippen LogP contribution in [0, 0.1) is 11.3 Å². The molecule has 0 aliphatic carbocycles. The molecule has 5 nitrogen and oxygen atoms in total. The summed E-state index contributed by atoms with van der Waals surface area (Å²) in [5.74, 6) is -0.369. The maximum atomic E-state index is 11.6. The predicted molar refractivity (Wildman–Crippen MR) is 85.1 cm³/mol. The number of hydrogen-bond donors (Lipinski definition) is 3. The lowest BCUT2D eigenvalue weighted by molar-refractivity contribution is -0.124. The molecule has 0 aromatic carbocycles. The monoisotopic (exact) mass is 303 g/mol. The summed E-state index contributed by atoms with van der Waals surface area (Å²) in [4.78, 5) is 23.1.